The third-order valence-corrected chi connectivity index (χ3v) is 7.54. The largest absolute Gasteiger partial charge is 0.367 e. The van der Waals surface area contributed by atoms with Crippen LogP contribution in [-0.4, -0.2) is 57.0 Å². The molecule has 3 aromatic heterocycles. The van der Waals surface area contributed by atoms with E-state index in [4.69, 9.17) is 15.1 Å². The Kier molecular flexibility index (Phi) is 8.26. The molecule has 43 heavy (non-hydrogen) atoms. The Morgan fingerprint density at radius 2 is 1.79 bits per heavy atom. The molecule has 0 unspecified atom stereocenters. The van der Waals surface area contributed by atoms with Crippen molar-refractivity contribution in [1.29, 1.82) is 5.26 Å². The number of nitrogens with one attached hydrogen (secondary N) is 2. The molecule has 0 aliphatic carbocycles. The zero-order valence-corrected chi connectivity index (χ0v) is 23.7. The number of benzene rings is 2. The molecule has 214 valence electrons. The van der Waals surface area contributed by atoms with E-state index >= 15 is 0 Å². The van der Waals surface area contributed by atoms with Gasteiger partial charge >= 0.3 is 0 Å². The molecular formula is C33H30N8O2. The summed E-state index contributed by atoms with van der Waals surface area (Å²) >= 11 is 0. The highest BCUT2D eigenvalue weighted by Gasteiger charge is 2.20. The first-order valence-corrected chi connectivity index (χ1v) is 14.1. The van der Waals surface area contributed by atoms with Gasteiger partial charge in [-0.3, -0.25) is 19.5 Å². The summed E-state index contributed by atoms with van der Waals surface area (Å²) in [6, 6.07) is 26.6. The monoisotopic (exact) mass is 570 g/mol. The molecule has 0 bridgehead atoms. The lowest BCUT2D eigenvalue weighted by molar-refractivity contribution is 0.0532. The van der Waals surface area contributed by atoms with Crippen molar-refractivity contribution in [3.8, 4) is 28.5 Å². The maximum atomic E-state index is 12.3. The second-order valence-corrected chi connectivity index (χ2v) is 10.4. The first kappa shape index (κ1) is 27.9. The van der Waals surface area contributed by atoms with Crippen LogP contribution in [0.15, 0.2) is 85.2 Å². The summed E-state index contributed by atoms with van der Waals surface area (Å²) < 4.78 is 0. The van der Waals surface area contributed by atoms with E-state index in [1.165, 1.54) is 12.7 Å². The average Bonchev–Trinajstić information content (AvgIpc) is 3.06. The van der Waals surface area contributed by atoms with Gasteiger partial charge < -0.3 is 5.32 Å². The number of carbonyl (C=O) groups is 1. The van der Waals surface area contributed by atoms with E-state index in [1.807, 2.05) is 24.3 Å². The molecule has 0 atom stereocenters. The third kappa shape index (κ3) is 6.48. The van der Waals surface area contributed by atoms with Crippen molar-refractivity contribution >= 4 is 22.6 Å². The molecule has 0 saturated carbocycles. The summed E-state index contributed by atoms with van der Waals surface area (Å²) in [7, 11) is 1.39. The van der Waals surface area contributed by atoms with Crippen molar-refractivity contribution in [3.05, 3.63) is 102 Å². The van der Waals surface area contributed by atoms with Crippen LogP contribution in [0, 0.1) is 11.3 Å². The van der Waals surface area contributed by atoms with E-state index in [0.717, 1.165) is 60.2 Å². The number of fused-ring (bicyclic) bond motifs is 1. The maximum absolute atomic E-state index is 12.3. The van der Waals surface area contributed by atoms with Crippen molar-refractivity contribution in [2.24, 2.45) is 0 Å². The van der Waals surface area contributed by atoms with Gasteiger partial charge in [-0.25, -0.2) is 20.4 Å². The molecule has 0 radical (unpaired) electrons. The number of likely N-dealkylation sites (tertiary alicyclic amines) is 1. The van der Waals surface area contributed by atoms with Crippen LogP contribution in [0.4, 0.5) is 5.82 Å². The first-order chi connectivity index (χ1) is 21.1. The number of pyridine rings is 2. The Balaban J connectivity index is 1.19. The number of hydroxylamine groups is 1. The summed E-state index contributed by atoms with van der Waals surface area (Å²) in [4.78, 5) is 37.0. The van der Waals surface area contributed by atoms with Crippen LogP contribution >= 0.6 is 0 Å². The lowest BCUT2D eigenvalue weighted by atomic mass is 9.97. The zero-order chi connectivity index (χ0) is 29.6. The molecule has 6 rings (SSSR count). The van der Waals surface area contributed by atoms with E-state index < -0.39 is 5.91 Å². The molecule has 1 aliphatic heterocycles. The minimum atomic E-state index is -0.425. The number of hydrogen-bond acceptors (Lipinski definition) is 9. The fourth-order valence-corrected chi connectivity index (χ4v) is 5.36. The number of hydrogen-bond donors (Lipinski definition) is 2. The van der Waals surface area contributed by atoms with E-state index in [0.29, 0.717) is 17.4 Å². The van der Waals surface area contributed by atoms with Crippen molar-refractivity contribution in [2.75, 3.05) is 25.5 Å². The number of anilines is 1. The van der Waals surface area contributed by atoms with Gasteiger partial charge in [0.05, 0.1) is 18.3 Å². The molecule has 1 saturated heterocycles. The second kappa shape index (κ2) is 12.7. The summed E-state index contributed by atoms with van der Waals surface area (Å²) in [5.41, 5.74) is 8.34. The first-order valence-electron chi connectivity index (χ1n) is 14.1. The summed E-state index contributed by atoms with van der Waals surface area (Å²) in [6.07, 6.45) is 5.26. The Labute approximate surface area is 249 Å². The maximum Gasteiger partial charge on any atom is 0.293 e. The van der Waals surface area contributed by atoms with Gasteiger partial charge in [0.25, 0.3) is 5.91 Å². The number of nitrogens with zero attached hydrogens (tertiary/aromatic N) is 6. The average molecular weight is 571 g/mol. The molecule has 4 heterocycles. The summed E-state index contributed by atoms with van der Waals surface area (Å²) in [5.74, 6) is 0.451. The quantitative estimate of drug-likeness (QED) is 0.248. The van der Waals surface area contributed by atoms with Crippen LogP contribution in [0.3, 0.4) is 0 Å². The van der Waals surface area contributed by atoms with Crippen LogP contribution in [0.5, 0.6) is 0 Å². The fraction of sp³-hybridized carbons (Fsp3) is 0.212. The number of carbonyl (C=O) groups excluding carboxylic acids is 1. The van der Waals surface area contributed by atoms with E-state index in [-0.39, 0.29) is 11.5 Å². The number of rotatable bonds is 8. The predicted octanol–water partition coefficient (Wildman–Crippen LogP) is 4.99. The highest BCUT2D eigenvalue weighted by Crippen LogP contribution is 2.33. The lowest BCUT2D eigenvalue weighted by Gasteiger charge is -2.32. The van der Waals surface area contributed by atoms with Crippen LogP contribution in [0.2, 0.25) is 0 Å². The Hall–Kier alpha value is -5.24. The predicted molar refractivity (Wildman–Crippen MR) is 164 cm³/mol. The van der Waals surface area contributed by atoms with Crippen molar-refractivity contribution in [2.45, 2.75) is 25.4 Å². The van der Waals surface area contributed by atoms with Gasteiger partial charge in [0, 0.05) is 54.6 Å². The van der Waals surface area contributed by atoms with Crippen LogP contribution in [0.1, 0.15) is 34.7 Å². The molecule has 10 heteroatoms. The number of nitriles is 1. The van der Waals surface area contributed by atoms with E-state index in [9.17, 15) is 4.79 Å². The van der Waals surface area contributed by atoms with Crippen LogP contribution in [-0.2, 0) is 11.4 Å². The Bertz CT molecular complexity index is 1780. The highest BCUT2D eigenvalue weighted by atomic mass is 16.6. The van der Waals surface area contributed by atoms with Gasteiger partial charge in [-0.15, -0.1) is 0 Å². The molecule has 1 fully saturated rings. The Morgan fingerprint density at radius 1 is 1.00 bits per heavy atom. The smallest absolute Gasteiger partial charge is 0.293 e. The second-order valence-electron chi connectivity index (χ2n) is 10.4. The van der Waals surface area contributed by atoms with Crippen molar-refractivity contribution < 1.29 is 9.63 Å². The van der Waals surface area contributed by atoms with Gasteiger partial charge in [0.2, 0.25) is 5.82 Å². The molecular weight excluding hydrogens is 540 g/mol. The number of piperidine rings is 1. The van der Waals surface area contributed by atoms with E-state index in [2.05, 4.69) is 73.1 Å². The zero-order valence-electron chi connectivity index (χ0n) is 23.7. The van der Waals surface area contributed by atoms with Gasteiger partial charge in [-0.05, 0) is 42.2 Å². The van der Waals surface area contributed by atoms with Crippen LogP contribution in [0.25, 0.3) is 33.3 Å². The fourth-order valence-electron chi connectivity index (χ4n) is 5.36. The van der Waals surface area contributed by atoms with Gasteiger partial charge in [-0.1, -0.05) is 54.6 Å². The normalized spacial score (nSPS) is 13.9. The van der Waals surface area contributed by atoms with Gasteiger partial charge in [-0.2, -0.15) is 5.26 Å². The molecule has 1 aliphatic rings. The van der Waals surface area contributed by atoms with Crippen LogP contribution < -0.4 is 10.8 Å². The Morgan fingerprint density at radius 3 is 2.53 bits per heavy atom. The molecule has 10 nitrogen and oxygen atoms in total. The summed E-state index contributed by atoms with van der Waals surface area (Å²) in [5, 5.41) is 13.3. The molecule has 2 N–H and O–H groups in total. The highest BCUT2D eigenvalue weighted by molar-refractivity contribution is 5.97. The van der Waals surface area contributed by atoms with Crippen molar-refractivity contribution in [3.63, 3.8) is 0 Å². The van der Waals surface area contributed by atoms with E-state index in [1.54, 1.807) is 24.5 Å². The van der Waals surface area contributed by atoms with Crippen molar-refractivity contribution in [1.82, 2.24) is 30.3 Å². The minimum Gasteiger partial charge on any atom is -0.367 e. The number of amides is 1. The molecule has 0 spiro atoms. The topological polar surface area (TPSA) is 129 Å². The molecule has 1 amide bonds. The lowest BCUT2D eigenvalue weighted by Crippen LogP contribution is -2.38. The molecule has 2 aromatic carbocycles. The SMILES string of the molecule is CONC(=O)c1cc2nc(-c3ccc(CN4CCC(Nc5ccnc(C#N)n5)CC4)cc3)c(-c3ccccc3)cc2cn1. The third-order valence-electron chi connectivity index (χ3n) is 7.54. The van der Waals surface area contributed by atoms with Gasteiger partial charge in [0.15, 0.2) is 0 Å². The van der Waals surface area contributed by atoms with Gasteiger partial charge in [0.1, 0.15) is 17.6 Å². The number of aromatic nitrogens is 4. The summed E-state index contributed by atoms with van der Waals surface area (Å²) in [6.45, 7) is 2.79. The minimum absolute atomic E-state index is 0.178. The standard InChI is InChI=1S/C33H30N8O2/c1-43-40-33(42)29-18-28-25(20-36-29)17-27(23-5-3-2-4-6-23)32(38-28)24-9-7-22(8-10-24)21-41-15-12-26(13-16-41)37-30-11-14-35-31(19-34)39-30/h2-11,14,17-18,20,26H,12-13,15-16,21H2,1H3,(H,40,42)(H,35,37,39). The molecule has 5 aromatic rings.